The number of benzene rings is 1. The first kappa shape index (κ1) is 11.5. The number of hydrogen-bond donors (Lipinski definition) is 0. The summed E-state index contributed by atoms with van der Waals surface area (Å²) in [6, 6.07) is 5.42. The molecule has 14 heavy (non-hydrogen) atoms. The summed E-state index contributed by atoms with van der Waals surface area (Å²) in [5.41, 5.74) is 0.674. The Hall–Kier alpha value is -0.530. The molecule has 0 fully saturated rings. The topological polar surface area (TPSA) is 12.4 Å². The number of aliphatic imine (C=N–C) groups is 1. The van der Waals surface area contributed by atoms with E-state index in [1.807, 2.05) is 26.8 Å². The molecule has 0 aliphatic heterocycles. The highest BCUT2D eigenvalue weighted by molar-refractivity contribution is 6.38. The second kappa shape index (κ2) is 4.33. The van der Waals surface area contributed by atoms with Gasteiger partial charge in [0.15, 0.2) is 0 Å². The van der Waals surface area contributed by atoms with Crippen molar-refractivity contribution in [3.63, 3.8) is 0 Å². The molecule has 3 heteroatoms. The lowest BCUT2D eigenvalue weighted by Gasteiger charge is -2.11. The summed E-state index contributed by atoms with van der Waals surface area (Å²) in [5.74, 6) is 0. The fraction of sp³-hybridized carbons (Fsp3) is 0.364. The van der Waals surface area contributed by atoms with Gasteiger partial charge in [0.05, 0.1) is 15.6 Å². The zero-order valence-electron chi connectivity index (χ0n) is 8.51. The average Bonchev–Trinajstić information content (AvgIpc) is 2.01. The lowest BCUT2D eigenvalue weighted by molar-refractivity contribution is 0.586. The maximum absolute atomic E-state index is 5.98. The first-order valence-electron chi connectivity index (χ1n) is 4.39. The van der Waals surface area contributed by atoms with Gasteiger partial charge in [-0.05, 0) is 32.9 Å². The summed E-state index contributed by atoms with van der Waals surface area (Å²) in [5, 5.41) is 1.26. The van der Waals surface area contributed by atoms with Crippen LogP contribution in [0.1, 0.15) is 26.3 Å². The number of nitrogens with zero attached hydrogens (tertiary/aromatic N) is 1. The molecule has 0 aliphatic rings. The van der Waals surface area contributed by atoms with Crippen LogP contribution in [0.2, 0.25) is 10.0 Å². The molecule has 0 saturated heterocycles. The van der Waals surface area contributed by atoms with Gasteiger partial charge in [-0.3, -0.25) is 4.99 Å². The normalized spacial score (nSPS) is 12.4. The summed E-state index contributed by atoms with van der Waals surface area (Å²) >= 11 is 12.0. The van der Waals surface area contributed by atoms with Gasteiger partial charge in [-0.1, -0.05) is 29.3 Å². The van der Waals surface area contributed by atoms with Crippen LogP contribution in [0.5, 0.6) is 0 Å². The van der Waals surface area contributed by atoms with E-state index >= 15 is 0 Å². The summed E-state index contributed by atoms with van der Waals surface area (Å²) in [4.78, 5) is 4.35. The molecule has 1 nitrogen and oxygen atoms in total. The van der Waals surface area contributed by atoms with Gasteiger partial charge in [-0.25, -0.2) is 0 Å². The Balaban J connectivity index is 3.03. The van der Waals surface area contributed by atoms with Gasteiger partial charge in [0, 0.05) is 11.8 Å². The Morgan fingerprint density at radius 2 is 1.64 bits per heavy atom. The van der Waals surface area contributed by atoms with Crippen LogP contribution in [0.15, 0.2) is 23.2 Å². The largest absolute Gasteiger partial charge is 0.287 e. The summed E-state index contributed by atoms with van der Waals surface area (Å²) in [7, 11) is 0. The van der Waals surface area contributed by atoms with E-state index in [1.165, 1.54) is 0 Å². The number of rotatable bonds is 1. The zero-order chi connectivity index (χ0) is 10.8. The van der Waals surface area contributed by atoms with Gasteiger partial charge in [0.2, 0.25) is 0 Å². The summed E-state index contributed by atoms with van der Waals surface area (Å²) in [6.07, 6.45) is 1.73. The van der Waals surface area contributed by atoms with Crippen molar-refractivity contribution in [2.45, 2.75) is 26.3 Å². The Morgan fingerprint density at radius 1 is 1.14 bits per heavy atom. The second-order valence-corrected chi connectivity index (χ2v) is 4.88. The molecule has 0 radical (unpaired) electrons. The van der Waals surface area contributed by atoms with Gasteiger partial charge in [-0.15, -0.1) is 0 Å². The highest BCUT2D eigenvalue weighted by atomic mass is 35.5. The average molecular weight is 230 g/mol. The molecular formula is C11H13Cl2N. The van der Waals surface area contributed by atoms with Gasteiger partial charge < -0.3 is 0 Å². The van der Waals surface area contributed by atoms with Crippen LogP contribution in [0, 0.1) is 0 Å². The smallest absolute Gasteiger partial charge is 0.0524 e. The van der Waals surface area contributed by atoms with Crippen LogP contribution in [0.4, 0.5) is 0 Å². The van der Waals surface area contributed by atoms with E-state index in [0.29, 0.717) is 10.0 Å². The molecule has 0 unspecified atom stereocenters. The SMILES string of the molecule is CC(C)(C)N=Cc1c(Cl)cccc1Cl. The Morgan fingerprint density at radius 3 is 2.07 bits per heavy atom. The van der Waals surface area contributed by atoms with Gasteiger partial charge >= 0.3 is 0 Å². The van der Waals surface area contributed by atoms with Gasteiger partial charge in [0.25, 0.3) is 0 Å². The number of hydrogen-bond acceptors (Lipinski definition) is 1. The molecule has 0 heterocycles. The van der Waals surface area contributed by atoms with Crippen LogP contribution in [0.3, 0.4) is 0 Å². The Kier molecular flexibility index (Phi) is 3.57. The molecule has 0 spiro atoms. The number of halogens is 2. The summed E-state index contributed by atoms with van der Waals surface area (Å²) < 4.78 is 0. The third-order valence-electron chi connectivity index (χ3n) is 1.58. The molecule has 0 aromatic heterocycles. The zero-order valence-corrected chi connectivity index (χ0v) is 10.0. The van der Waals surface area contributed by atoms with Crippen molar-refractivity contribution in [3.8, 4) is 0 Å². The molecule has 1 aromatic rings. The fourth-order valence-corrected chi connectivity index (χ4v) is 1.39. The highest BCUT2D eigenvalue weighted by Gasteiger charge is 2.07. The predicted octanol–water partition coefficient (Wildman–Crippen LogP) is 4.21. The molecule has 0 amide bonds. The van der Waals surface area contributed by atoms with Crippen molar-refractivity contribution in [3.05, 3.63) is 33.8 Å². The van der Waals surface area contributed by atoms with Crippen molar-refractivity contribution < 1.29 is 0 Å². The van der Waals surface area contributed by atoms with E-state index in [2.05, 4.69) is 4.99 Å². The van der Waals surface area contributed by atoms with E-state index in [1.54, 1.807) is 18.3 Å². The van der Waals surface area contributed by atoms with Gasteiger partial charge in [0.1, 0.15) is 0 Å². The molecule has 1 rings (SSSR count). The lowest BCUT2D eigenvalue weighted by atomic mass is 10.1. The molecule has 76 valence electrons. The molecule has 0 aliphatic carbocycles. The molecule has 0 saturated carbocycles. The second-order valence-electron chi connectivity index (χ2n) is 4.06. The minimum absolute atomic E-state index is 0.109. The van der Waals surface area contributed by atoms with E-state index in [4.69, 9.17) is 23.2 Å². The highest BCUT2D eigenvalue weighted by Crippen LogP contribution is 2.22. The van der Waals surface area contributed by atoms with Crippen LogP contribution in [0.25, 0.3) is 0 Å². The van der Waals surface area contributed by atoms with Crippen molar-refractivity contribution in [2.24, 2.45) is 4.99 Å². The fourth-order valence-electron chi connectivity index (χ4n) is 0.892. The molecule has 0 bridgehead atoms. The van der Waals surface area contributed by atoms with Crippen molar-refractivity contribution >= 4 is 29.4 Å². The molecule has 0 atom stereocenters. The van der Waals surface area contributed by atoms with E-state index in [0.717, 1.165) is 5.56 Å². The minimum atomic E-state index is -0.109. The summed E-state index contributed by atoms with van der Waals surface area (Å²) in [6.45, 7) is 6.07. The predicted molar refractivity (Wildman–Crippen MR) is 63.8 cm³/mol. The maximum Gasteiger partial charge on any atom is 0.0524 e. The Bertz CT molecular complexity index is 331. The standard InChI is InChI=1S/C11H13Cl2N/c1-11(2,3)14-7-8-9(12)5-4-6-10(8)13/h4-7H,1-3H3. The first-order chi connectivity index (χ1) is 6.40. The monoisotopic (exact) mass is 229 g/mol. The van der Waals surface area contributed by atoms with Crippen LogP contribution >= 0.6 is 23.2 Å². The van der Waals surface area contributed by atoms with Crippen molar-refractivity contribution in [2.75, 3.05) is 0 Å². The molecule has 0 N–H and O–H groups in total. The van der Waals surface area contributed by atoms with E-state index in [-0.39, 0.29) is 5.54 Å². The lowest BCUT2D eigenvalue weighted by Crippen LogP contribution is -2.09. The van der Waals surface area contributed by atoms with E-state index in [9.17, 15) is 0 Å². The molecular weight excluding hydrogens is 217 g/mol. The first-order valence-corrected chi connectivity index (χ1v) is 5.15. The third kappa shape index (κ3) is 3.32. The quantitative estimate of drug-likeness (QED) is 0.641. The van der Waals surface area contributed by atoms with Crippen LogP contribution < -0.4 is 0 Å². The van der Waals surface area contributed by atoms with Crippen LogP contribution in [-0.2, 0) is 0 Å². The van der Waals surface area contributed by atoms with Crippen molar-refractivity contribution in [1.82, 2.24) is 0 Å². The van der Waals surface area contributed by atoms with Crippen LogP contribution in [-0.4, -0.2) is 11.8 Å². The maximum atomic E-state index is 5.98. The third-order valence-corrected chi connectivity index (χ3v) is 2.24. The minimum Gasteiger partial charge on any atom is -0.287 e. The van der Waals surface area contributed by atoms with E-state index < -0.39 is 0 Å². The molecule has 1 aromatic carbocycles. The Labute approximate surface area is 94.8 Å². The van der Waals surface area contributed by atoms with Crippen molar-refractivity contribution in [1.29, 1.82) is 0 Å². The van der Waals surface area contributed by atoms with Gasteiger partial charge in [-0.2, -0.15) is 0 Å².